The van der Waals surface area contributed by atoms with E-state index < -0.39 is 23.8 Å². The van der Waals surface area contributed by atoms with Gasteiger partial charge in [-0.2, -0.15) is 0 Å². The van der Waals surface area contributed by atoms with Gasteiger partial charge in [-0.15, -0.1) is 0 Å². The number of carbonyl (C=O) groups excluding carboxylic acids is 4. The maximum Gasteiger partial charge on any atom is 0.262 e. The number of ether oxygens (including phenoxy) is 1. The molecule has 4 aliphatic rings. The molecule has 0 bridgehead atoms. The number of carbonyl (C=O) groups is 4. The number of imide groups is 2. The van der Waals surface area contributed by atoms with Crippen molar-refractivity contribution in [3.8, 4) is 0 Å². The number of nitrogens with one attached hydrogen (secondary N) is 3. The Kier molecular flexibility index (Phi) is 5.46. The van der Waals surface area contributed by atoms with E-state index in [-0.39, 0.29) is 41.6 Å². The van der Waals surface area contributed by atoms with Gasteiger partial charge < -0.3 is 15.4 Å². The summed E-state index contributed by atoms with van der Waals surface area (Å²) in [6.45, 7) is 2.61. The molecule has 32 heavy (non-hydrogen) atoms. The normalized spacial score (nSPS) is 27.4. The zero-order valence-electron chi connectivity index (χ0n) is 17.9. The van der Waals surface area contributed by atoms with Gasteiger partial charge in [0.2, 0.25) is 11.8 Å². The maximum atomic E-state index is 13.0. The Balaban J connectivity index is 1.26. The average Bonchev–Trinajstić information content (AvgIpc) is 3.03. The standard InChI is InChI=1S/C23H28N4O5/c28-19-6-5-18(20(29)26-19)27-21(30)16-4-3-14(12-17(16)22(27)31)25-13-15-2-1-7-23(32-15)8-10-24-11-9-23/h3-4,12,15,18,24-25H,1-2,5-11,13H2,(H,26,28,29). The number of benzene rings is 1. The summed E-state index contributed by atoms with van der Waals surface area (Å²) in [5, 5.41) is 8.97. The SMILES string of the molecule is O=C1CCC(N2C(=O)c3ccc(NCC4CCCC5(CCNCC5)O4)cc3C2=O)C(=O)N1. The van der Waals surface area contributed by atoms with E-state index in [1.165, 1.54) is 0 Å². The van der Waals surface area contributed by atoms with Crippen LogP contribution < -0.4 is 16.0 Å². The predicted molar refractivity (Wildman–Crippen MR) is 115 cm³/mol. The molecule has 1 aromatic carbocycles. The number of hydrogen-bond donors (Lipinski definition) is 3. The van der Waals surface area contributed by atoms with Crippen LogP contribution in [0, 0.1) is 0 Å². The van der Waals surface area contributed by atoms with Crippen molar-refractivity contribution in [3.05, 3.63) is 29.3 Å². The molecule has 170 valence electrons. The fourth-order valence-corrected chi connectivity index (χ4v) is 5.33. The molecule has 5 rings (SSSR count). The Morgan fingerprint density at radius 3 is 2.59 bits per heavy atom. The van der Waals surface area contributed by atoms with Crippen LogP contribution in [0.2, 0.25) is 0 Å². The van der Waals surface area contributed by atoms with Gasteiger partial charge in [-0.3, -0.25) is 29.4 Å². The third-order valence-corrected chi connectivity index (χ3v) is 7.06. The van der Waals surface area contributed by atoms with Crippen LogP contribution in [0.4, 0.5) is 5.69 Å². The summed E-state index contributed by atoms with van der Waals surface area (Å²) in [5.74, 6) is -1.97. The Bertz CT molecular complexity index is 966. The van der Waals surface area contributed by atoms with Crippen LogP contribution in [0.15, 0.2) is 18.2 Å². The fraction of sp³-hybridized carbons (Fsp3) is 0.565. The first kappa shape index (κ1) is 21.1. The molecule has 4 amide bonds. The molecular weight excluding hydrogens is 412 g/mol. The van der Waals surface area contributed by atoms with Gasteiger partial charge in [-0.1, -0.05) is 0 Å². The predicted octanol–water partition coefficient (Wildman–Crippen LogP) is 1.19. The average molecular weight is 441 g/mol. The summed E-state index contributed by atoms with van der Waals surface area (Å²) in [6.07, 6.45) is 5.68. The number of hydrogen-bond acceptors (Lipinski definition) is 7. The molecule has 9 heteroatoms. The van der Waals surface area contributed by atoms with Crippen LogP contribution in [0.25, 0.3) is 0 Å². The summed E-state index contributed by atoms with van der Waals surface area (Å²) in [7, 11) is 0. The van der Waals surface area contributed by atoms with Crippen LogP contribution in [-0.4, -0.2) is 65.9 Å². The highest BCUT2D eigenvalue weighted by molar-refractivity contribution is 6.23. The first-order valence-corrected chi connectivity index (χ1v) is 11.4. The first-order valence-electron chi connectivity index (χ1n) is 11.4. The monoisotopic (exact) mass is 440 g/mol. The number of nitrogens with zero attached hydrogens (tertiary/aromatic N) is 1. The third kappa shape index (κ3) is 3.80. The van der Waals surface area contributed by atoms with Gasteiger partial charge in [0, 0.05) is 18.7 Å². The zero-order chi connectivity index (χ0) is 22.3. The summed E-state index contributed by atoms with van der Waals surface area (Å²) >= 11 is 0. The van der Waals surface area contributed by atoms with Crippen molar-refractivity contribution in [2.24, 2.45) is 0 Å². The smallest absolute Gasteiger partial charge is 0.262 e. The van der Waals surface area contributed by atoms with E-state index in [4.69, 9.17) is 4.74 Å². The van der Waals surface area contributed by atoms with Gasteiger partial charge >= 0.3 is 0 Å². The molecule has 4 heterocycles. The minimum atomic E-state index is -0.951. The van der Waals surface area contributed by atoms with Gasteiger partial charge in [0.05, 0.1) is 22.8 Å². The number of fused-ring (bicyclic) bond motifs is 1. The summed E-state index contributed by atoms with van der Waals surface area (Å²) in [5.41, 5.74) is 1.29. The van der Waals surface area contributed by atoms with E-state index in [1.54, 1.807) is 18.2 Å². The van der Waals surface area contributed by atoms with Gasteiger partial charge in [-0.05, 0) is 69.8 Å². The Morgan fingerprint density at radius 1 is 1.03 bits per heavy atom. The molecular formula is C23H28N4O5. The number of rotatable bonds is 4. The van der Waals surface area contributed by atoms with Crippen molar-refractivity contribution in [1.29, 1.82) is 0 Å². The van der Waals surface area contributed by atoms with E-state index >= 15 is 0 Å². The molecule has 0 aromatic heterocycles. The topological polar surface area (TPSA) is 117 Å². The zero-order valence-corrected chi connectivity index (χ0v) is 17.9. The Labute approximate surface area is 186 Å². The highest BCUT2D eigenvalue weighted by Crippen LogP contribution is 2.36. The first-order chi connectivity index (χ1) is 15.5. The van der Waals surface area contributed by atoms with Crippen molar-refractivity contribution in [1.82, 2.24) is 15.5 Å². The van der Waals surface area contributed by atoms with Gasteiger partial charge in [0.25, 0.3) is 11.8 Å². The van der Waals surface area contributed by atoms with Crippen molar-refractivity contribution in [2.75, 3.05) is 25.0 Å². The largest absolute Gasteiger partial charge is 0.382 e. The molecule has 9 nitrogen and oxygen atoms in total. The molecule has 0 saturated carbocycles. The molecule has 3 saturated heterocycles. The molecule has 4 aliphatic heterocycles. The maximum absolute atomic E-state index is 13.0. The van der Waals surface area contributed by atoms with E-state index in [0.29, 0.717) is 6.54 Å². The fourth-order valence-electron chi connectivity index (χ4n) is 5.33. The second-order valence-electron chi connectivity index (χ2n) is 9.15. The molecule has 1 aromatic rings. The summed E-state index contributed by atoms with van der Waals surface area (Å²) in [6, 6.07) is 4.12. The highest BCUT2D eigenvalue weighted by atomic mass is 16.5. The second-order valence-corrected chi connectivity index (χ2v) is 9.15. The Morgan fingerprint density at radius 2 is 1.81 bits per heavy atom. The molecule has 0 aliphatic carbocycles. The van der Waals surface area contributed by atoms with Gasteiger partial charge in [0.1, 0.15) is 6.04 Å². The number of piperidine rings is 2. The lowest BCUT2D eigenvalue weighted by Crippen LogP contribution is -2.54. The van der Waals surface area contributed by atoms with Gasteiger partial charge in [-0.25, -0.2) is 0 Å². The molecule has 0 radical (unpaired) electrons. The third-order valence-electron chi connectivity index (χ3n) is 7.06. The van der Waals surface area contributed by atoms with Crippen LogP contribution in [0.5, 0.6) is 0 Å². The molecule has 3 fully saturated rings. The van der Waals surface area contributed by atoms with Crippen LogP contribution in [-0.2, 0) is 14.3 Å². The van der Waals surface area contributed by atoms with E-state index in [1.807, 2.05) is 0 Å². The van der Waals surface area contributed by atoms with E-state index in [0.717, 1.165) is 55.8 Å². The number of amides is 4. The minimum Gasteiger partial charge on any atom is -0.382 e. The molecule has 1 spiro atoms. The lowest BCUT2D eigenvalue weighted by atomic mass is 9.84. The quantitative estimate of drug-likeness (QED) is 0.602. The number of anilines is 1. The van der Waals surface area contributed by atoms with Crippen molar-refractivity contribution in [3.63, 3.8) is 0 Å². The lowest BCUT2D eigenvalue weighted by Gasteiger charge is -2.44. The van der Waals surface area contributed by atoms with Crippen LogP contribution >= 0.6 is 0 Å². The Hall–Kier alpha value is -2.78. The van der Waals surface area contributed by atoms with Gasteiger partial charge in [0.15, 0.2) is 0 Å². The summed E-state index contributed by atoms with van der Waals surface area (Å²) < 4.78 is 6.48. The second kappa shape index (κ2) is 8.29. The van der Waals surface area contributed by atoms with E-state index in [9.17, 15) is 19.2 Å². The molecule has 2 unspecified atom stereocenters. The van der Waals surface area contributed by atoms with E-state index in [2.05, 4.69) is 16.0 Å². The van der Waals surface area contributed by atoms with Crippen LogP contribution in [0.3, 0.4) is 0 Å². The molecule has 2 atom stereocenters. The lowest BCUT2D eigenvalue weighted by molar-refractivity contribution is -0.137. The summed E-state index contributed by atoms with van der Waals surface area (Å²) in [4.78, 5) is 50.4. The van der Waals surface area contributed by atoms with Crippen molar-refractivity contribution < 1.29 is 23.9 Å². The molecule has 3 N–H and O–H groups in total. The van der Waals surface area contributed by atoms with Crippen molar-refractivity contribution in [2.45, 2.75) is 62.7 Å². The van der Waals surface area contributed by atoms with Crippen LogP contribution in [0.1, 0.15) is 65.7 Å². The van der Waals surface area contributed by atoms with Crippen molar-refractivity contribution >= 4 is 29.3 Å². The minimum absolute atomic E-state index is 0.0153. The highest BCUT2D eigenvalue weighted by Gasteiger charge is 2.44.